The summed E-state index contributed by atoms with van der Waals surface area (Å²) in [5, 5.41) is 9.39. The number of aliphatic hydroxyl groups is 1. The van der Waals surface area contributed by atoms with Crippen molar-refractivity contribution < 1.29 is 24.2 Å². The smallest absolute Gasteiger partial charge is 0.322 e. The SMILES string of the molecule is CCOC(=O)C(N)C[C@@H](S)C(=O)N(CCO)c1ccc(C(=O)N2CCN(CCc3ccc(Cl)cc3)CC2)cc1. The summed E-state index contributed by atoms with van der Waals surface area (Å²) >= 11 is 10.3. The molecule has 2 atom stereocenters. The number of amides is 2. The van der Waals surface area contributed by atoms with Gasteiger partial charge < -0.3 is 25.4 Å². The molecular weight excluding hydrogens is 540 g/mol. The van der Waals surface area contributed by atoms with Gasteiger partial charge in [0.2, 0.25) is 5.91 Å². The number of anilines is 1. The van der Waals surface area contributed by atoms with E-state index in [-0.39, 0.29) is 32.1 Å². The zero-order chi connectivity index (χ0) is 28.4. The van der Waals surface area contributed by atoms with Gasteiger partial charge in [-0.25, -0.2) is 0 Å². The van der Waals surface area contributed by atoms with Crippen molar-refractivity contribution in [2.24, 2.45) is 5.73 Å². The Labute approximate surface area is 240 Å². The number of aliphatic hydroxyl groups excluding tert-OH is 1. The number of piperazine rings is 1. The van der Waals surface area contributed by atoms with Crippen molar-refractivity contribution in [2.75, 3.05) is 57.4 Å². The number of ether oxygens (including phenoxy) is 1. The molecule has 0 radical (unpaired) electrons. The number of benzene rings is 2. The molecule has 9 nitrogen and oxygen atoms in total. The van der Waals surface area contributed by atoms with E-state index < -0.39 is 23.2 Å². The number of carbonyl (C=O) groups is 3. The largest absolute Gasteiger partial charge is 0.465 e. The van der Waals surface area contributed by atoms with E-state index in [0.29, 0.717) is 24.3 Å². The zero-order valence-corrected chi connectivity index (χ0v) is 23.8. The number of nitrogens with zero attached hydrogens (tertiary/aromatic N) is 3. The molecule has 1 aliphatic heterocycles. The van der Waals surface area contributed by atoms with Crippen LogP contribution < -0.4 is 10.6 Å². The molecule has 11 heteroatoms. The second-order valence-corrected chi connectivity index (χ2v) is 10.4. The van der Waals surface area contributed by atoms with Gasteiger partial charge in [0.15, 0.2) is 0 Å². The zero-order valence-electron chi connectivity index (χ0n) is 22.2. The Kier molecular flexibility index (Phi) is 12.1. The summed E-state index contributed by atoms with van der Waals surface area (Å²) in [6, 6.07) is 13.6. The average Bonchev–Trinajstić information content (AvgIpc) is 2.95. The Bertz CT molecular complexity index is 1090. The third-order valence-electron chi connectivity index (χ3n) is 6.66. The molecule has 2 aromatic rings. The minimum Gasteiger partial charge on any atom is -0.465 e. The lowest BCUT2D eigenvalue weighted by molar-refractivity contribution is -0.144. The Morgan fingerprint density at radius 3 is 2.31 bits per heavy atom. The molecule has 0 spiro atoms. The Morgan fingerprint density at radius 1 is 1.08 bits per heavy atom. The van der Waals surface area contributed by atoms with Crippen LogP contribution in [0, 0.1) is 0 Å². The van der Waals surface area contributed by atoms with Crippen LogP contribution in [0.3, 0.4) is 0 Å². The van der Waals surface area contributed by atoms with Crippen molar-refractivity contribution in [2.45, 2.75) is 31.1 Å². The molecule has 3 N–H and O–H groups in total. The van der Waals surface area contributed by atoms with E-state index in [1.54, 1.807) is 31.2 Å². The molecule has 2 aromatic carbocycles. The highest BCUT2D eigenvalue weighted by Gasteiger charge is 2.28. The predicted molar refractivity (Wildman–Crippen MR) is 155 cm³/mol. The highest BCUT2D eigenvalue weighted by Crippen LogP contribution is 2.21. The minimum atomic E-state index is -0.981. The van der Waals surface area contributed by atoms with Crippen LogP contribution in [-0.2, 0) is 20.7 Å². The molecule has 1 fully saturated rings. The summed E-state index contributed by atoms with van der Waals surface area (Å²) in [5.41, 5.74) is 8.12. The molecule has 39 heavy (non-hydrogen) atoms. The maximum absolute atomic E-state index is 13.1. The second kappa shape index (κ2) is 15.2. The summed E-state index contributed by atoms with van der Waals surface area (Å²) in [6.07, 6.45) is 0.919. The molecule has 0 aliphatic carbocycles. The molecule has 0 saturated carbocycles. The van der Waals surface area contributed by atoms with E-state index in [4.69, 9.17) is 22.1 Å². The molecule has 0 aromatic heterocycles. The first-order valence-electron chi connectivity index (χ1n) is 13.1. The number of thiol groups is 1. The fourth-order valence-corrected chi connectivity index (χ4v) is 4.91. The van der Waals surface area contributed by atoms with Crippen LogP contribution in [0.4, 0.5) is 5.69 Å². The quantitative estimate of drug-likeness (QED) is 0.262. The number of halogens is 1. The van der Waals surface area contributed by atoms with Gasteiger partial charge in [-0.05, 0) is 61.7 Å². The maximum Gasteiger partial charge on any atom is 0.322 e. The number of rotatable bonds is 12. The summed E-state index contributed by atoms with van der Waals surface area (Å²) < 4.78 is 4.90. The van der Waals surface area contributed by atoms with E-state index >= 15 is 0 Å². The average molecular weight is 577 g/mol. The number of hydrogen-bond donors (Lipinski definition) is 3. The number of esters is 1. The first kappa shape index (κ1) is 30.9. The van der Waals surface area contributed by atoms with Gasteiger partial charge in [-0.1, -0.05) is 23.7 Å². The summed E-state index contributed by atoms with van der Waals surface area (Å²) in [6.45, 7) is 5.44. The van der Waals surface area contributed by atoms with Crippen LogP contribution in [0.1, 0.15) is 29.3 Å². The van der Waals surface area contributed by atoms with Crippen molar-refractivity contribution in [3.05, 3.63) is 64.7 Å². The van der Waals surface area contributed by atoms with Crippen molar-refractivity contribution in [3.8, 4) is 0 Å². The lowest BCUT2D eigenvalue weighted by atomic mass is 10.1. The number of nitrogens with two attached hydrogens (primary N) is 1. The van der Waals surface area contributed by atoms with Gasteiger partial charge in [0.25, 0.3) is 5.91 Å². The van der Waals surface area contributed by atoms with Crippen LogP contribution in [-0.4, -0.2) is 96.5 Å². The third kappa shape index (κ3) is 8.94. The highest BCUT2D eigenvalue weighted by atomic mass is 35.5. The van der Waals surface area contributed by atoms with Crippen LogP contribution in [0.5, 0.6) is 0 Å². The fraction of sp³-hybridized carbons (Fsp3) is 0.464. The minimum absolute atomic E-state index is 0.00898. The van der Waals surface area contributed by atoms with Crippen LogP contribution in [0.25, 0.3) is 0 Å². The summed E-state index contributed by atoms with van der Waals surface area (Å²) in [7, 11) is 0. The normalized spacial score (nSPS) is 15.5. The topological polar surface area (TPSA) is 116 Å². The lowest BCUT2D eigenvalue weighted by Gasteiger charge is -2.35. The van der Waals surface area contributed by atoms with Gasteiger partial charge in [-0.3, -0.25) is 19.3 Å². The molecule has 1 aliphatic rings. The first-order chi connectivity index (χ1) is 18.7. The summed E-state index contributed by atoms with van der Waals surface area (Å²) in [5.74, 6) is -1.06. The predicted octanol–water partition coefficient (Wildman–Crippen LogP) is 2.24. The maximum atomic E-state index is 13.1. The van der Waals surface area contributed by atoms with E-state index in [1.165, 1.54) is 10.5 Å². The molecule has 1 heterocycles. The monoisotopic (exact) mass is 576 g/mol. The highest BCUT2D eigenvalue weighted by molar-refractivity contribution is 7.81. The van der Waals surface area contributed by atoms with Gasteiger partial charge >= 0.3 is 5.97 Å². The van der Waals surface area contributed by atoms with E-state index in [0.717, 1.165) is 31.1 Å². The lowest BCUT2D eigenvalue weighted by Crippen LogP contribution is -2.49. The Hall–Kier alpha value is -2.63. The van der Waals surface area contributed by atoms with Crippen molar-refractivity contribution in [3.63, 3.8) is 0 Å². The van der Waals surface area contributed by atoms with Crippen LogP contribution in [0.15, 0.2) is 48.5 Å². The van der Waals surface area contributed by atoms with Crippen molar-refractivity contribution in [1.29, 1.82) is 0 Å². The molecule has 1 saturated heterocycles. The van der Waals surface area contributed by atoms with Gasteiger partial charge in [0.1, 0.15) is 6.04 Å². The van der Waals surface area contributed by atoms with Gasteiger partial charge in [-0.2, -0.15) is 12.6 Å². The van der Waals surface area contributed by atoms with Crippen LogP contribution in [0.2, 0.25) is 5.02 Å². The van der Waals surface area contributed by atoms with E-state index in [2.05, 4.69) is 17.5 Å². The molecule has 0 bridgehead atoms. The van der Waals surface area contributed by atoms with Crippen molar-refractivity contribution >= 4 is 47.7 Å². The first-order valence-corrected chi connectivity index (χ1v) is 14.0. The second-order valence-electron chi connectivity index (χ2n) is 9.38. The van der Waals surface area contributed by atoms with E-state index in [1.807, 2.05) is 29.2 Å². The number of carbonyl (C=O) groups excluding carboxylic acids is 3. The third-order valence-corrected chi connectivity index (χ3v) is 7.34. The van der Waals surface area contributed by atoms with E-state index in [9.17, 15) is 19.5 Å². The molecular formula is C28H37ClN4O5S. The molecule has 212 valence electrons. The molecule has 3 rings (SSSR count). The summed E-state index contributed by atoms with van der Waals surface area (Å²) in [4.78, 5) is 43.6. The molecule has 2 amide bonds. The Balaban J connectivity index is 1.54. The van der Waals surface area contributed by atoms with Gasteiger partial charge in [-0.15, -0.1) is 0 Å². The van der Waals surface area contributed by atoms with Gasteiger partial charge in [0, 0.05) is 55.5 Å². The van der Waals surface area contributed by atoms with Gasteiger partial charge in [0.05, 0.1) is 18.5 Å². The number of hydrogen-bond acceptors (Lipinski definition) is 8. The Morgan fingerprint density at radius 2 is 1.72 bits per heavy atom. The fourth-order valence-electron chi connectivity index (χ4n) is 4.41. The standard InChI is InChI=1S/C28H37ClN4O5S/c1-2-38-28(37)24(30)19-25(39)27(36)33(17-18-34)23-9-5-21(6-10-23)26(35)32-15-13-31(14-16-32)12-11-20-3-7-22(29)8-4-20/h3-10,24-25,34,39H,2,11-19,30H2,1H3/t24?,25-/m1/s1. The van der Waals surface area contributed by atoms with Crippen LogP contribution >= 0.6 is 24.2 Å². The molecule has 1 unspecified atom stereocenters. The van der Waals surface area contributed by atoms with Crippen molar-refractivity contribution in [1.82, 2.24) is 9.80 Å².